The van der Waals surface area contributed by atoms with E-state index >= 15 is 0 Å². The van der Waals surface area contributed by atoms with E-state index in [1.807, 2.05) is 6.07 Å². The second-order valence-electron chi connectivity index (χ2n) is 6.96. The number of hydrogen-bond acceptors (Lipinski definition) is 4. The number of nitrogens with zero attached hydrogens (tertiary/aromatic N) is 1. The van der Waals surface area contributed by atoms with Crippen molar-refractivity contribution in [1.82, 2.24) is 4.72 Å². The third kappa shape index (κ3) is 4.15. The van der Waals surface area contributed by atoms with Crippen LogP contribution in [-0.4, -0.2) is 29.4 Å². The molecule has 6 nitrogen and oxygen atoms in total. The summed E-state index contributed by atoms with van der Waals surface area (Å²) in [5.74, 6) is 0. The largest absolute Gasteiger partial charge is 0.264 e. The summed E-state index contributed by atoms with van der Waals surface area (Å²) < 4.78 is 57.1. The molecule has 30 heavy (non-hydrogen) atoms. The Balaban J connectivity index is 1.73. The van der Waals surface area contributed by atoms with Gasteiger partial charge in [-0.1, -0.05) is 52.3 Å². The Hall–Kier alpha value is -2.20. The number of anilines is 1. The van der Waals surface area contributed by atoms with Crippen molar-refractivity contribution in [3.63, 3.8) is 0 Å². The molecule has 3 aromatic rings. The molecule has 1 aliphatic rings. The Kier molecular flexibility index (Phi) is 5.71. The van der Waals surface area contributed by atoms with Gasteiger partial charge in [0.15, 0.2) is 0 Å². The normalized spacial score (nSPS) is 16.8. The molecule has 0 saturated carbocycles. The Morgan fingerprint density at radius 2 is 1.43 bits per heavy atom. The number of hydrogen-bond donors (Lipinski definition) is 1. The molecular weight excluding hydrogens is 488 g/mol. The van der Waals surface area contributed by atoms with E-state index in [1.165, 1.54) is 28.6 Å². The van der Waals surface area contributed by atoms with Crippen molar-refractivity contribution in [3.05, 3.63) is 88.9 Å². The fourth-order valence-electron chi connectivity index (χ4n) is 3.50. The molecule has 0 bridgehead atoms. The molecule has 9 heteroatoms. The zero-order chi connectivity index (χ0) is 21.4. The smallest absolute Gasteiger partial charge is 0.264 e. The number of benzene rings is 3. The first kappa shape index (κ1) is 21.0. The van der Waals surface area contributed by atoms with Crippen LogP contribution in [0, 0.1) is 0 Å². The Bertz CT molecular complexity index is 1260. The summed E-state index contributed by atoms with van der Waals surface area (Å²) in [6.45, 7) is -0.00206. The van der Waals surface area contributed by atoms with E-state index in [1.54, 1.807) is 48.5 Å². The lowest BCUT2D eigenvalue weighted by Gasteiger charge is -2.35. The van der Waals surface area contributed by atoms with Gasteiger partial charge in [-0.15, -0.1) is 0 Å². The van der Waals surface area contributed by atoms with Gasteiger partial charge in [-0.3, -0.25) is 4.31 Å². The zero-order valence-corrected chi connectivity index (χ0v) is 19.0. The Labute approximate surface area is 184 Å². The van der Waals surface area contributed by atoms with Gasteiger partial charge in [-0.2, -0.15) is 0 Å². The first-order chi connectivity index (χ1) is 14.3. The highest BCUT2D eigenvalue weighted by atomic mass is 79.9. The third-order valence-electron chi connectivity index (χ3n) is 4.87. The van der Waals surface area contributed by atoms with Crippen LogP contribution in [0.1, 0.15) is 5.56 Å². The van der Waals surface area contributed by atoms with Gasteiger partial charge in [0.05, 0.1) is 22.0 Å². The van der Waals surface area contributed by atoms with Crippen molar-refractivity contribution in [2.24, 2.45) is 0 Å². The van der Waals surface area contributed by atoms with Crippen LogP contribution in [-0.2, 0) is 26.5 Å². The van der Waals surface area contributed by atoms with Crippen molar-refractivity contribution in [2.75, 3.05) is 10.8 Å². The van der Waals surface area contributed by atoms with Crippen LogP contribution >= 0.6 is 15.9 Å². The SMILES string of the molecule is O=S(=O)(NC1Cc2cc(Br)ccc2N(S(=O)(=O)c2ccccc2)C1)c1ccccc1. The molecule has 0 radical (unpaired) electrons. The molecule has 3 aromatic carbocycles. The van der Waals surface area contributed by atoms with E-state index in [0.29, 0.717) is 12.1 Å². The van der Waals surface area contributed by atoms with Crippen LogP contribution in [0.2, 0.25) is 0 Å². The maximum absolute atomic E-state index is 13.4. The monoisotopic (exact) mass is 506 g/mol. The van der Waals surface area contributed by atoms with Crippen molar-refractivity contribution in [1.29, 1.82) is 0 Å². The van der Waals surface area contributed by atoms with Gasteiger partial charge in [0.25, 0.3) is 10.0 Å². The molecule has 1 aliphatic heterocycles. The second kappa shape index (κ2) is 8.14. The molecular formula is C21H19BrN2O4S2. The van der Waals surface area contributed by atoms with E-state index in [0.717, 1.165) is 10.0 Å². The number of halogens is 1. The first-order valence-electron chi connectivity index (χ1n) is 9.21. The summed E-state index contributed by atoms with van der Waals surface area (Å²) in [6.07, 6.45) is 0.377. The third-order valence-corrected chi connectivity index (χ3v) is 8.69. The minimum Gasteiger partial charge on any atom is -0.264 e. The number of rotatable bonds is 5. The van der Waals surface area contributed by atoms with Crippen LogP contribution in [0.4, 0.5) is 5.69 Å². The van der Waals surface area contributed by atoms with Crippen molar-refractivity contribution < 1.29 is 16.8 Å². The predicted molar refractivity (Wildman–Crippen MR) is 119 cm³/mol. The van der Waals surface area contributed by atoms with Gasteiger partial charge in [-0.05, 0) is 54.4 Å². The lowest BCUT2D eigenvalue weighted by atomic mass is 10.0. The topological polar surface area (TPSA) is 83.6 Å². The molecule has 0 aromatic heterocycles. The molecule has 1 heterocycles. The molecule has 156 valence electrons. The maximum Gasteiger partial charge on any atom is 0.264 e. The summed E-state index contributed by atoms with van der Waals surface area (Å²) in [5, 5.41) is 0. The summed E-state index contributed by atoms with van der Waals surface area (Å²) in [5.41, 5.74) is 1.30. The fraction of sp³-hybridized carbons (Fsp3) is 0.143. The number of sulfonamides is 2. The highest BCUT2D eigenvalue weighted by Crippen LogP contribution is 2.34. The second-order valence-corrected chi connectivity index (χ2v) is 11.4. The predicted octanol–water partition coefficient (Wildman–Crippen LogP) is 3.55. The van der Waals surface area contributed by atoms with E-state index in [9.17, 15) is 16.8 Å². The molecule has 0 saturated heterocycles. The molecule has 1 N–H and O–H groups in total. The van der Waals surface area contributed by atoms with Crippen LogP contribution in [0.5, 0.6) is 0 Å². The standard InChI is InChI=1S/C21H19BrN2O4S2/c22-17-11-12-21-16(13-17)14-18(23-29(25,26)19-7-3-1-4-8-19)15-24(21)30(27,28)20-9-5-2-6-10-20/h1-13,18,23H,14-15H2. The number of fused-ring (bicyclic) bond motifs is 1. The summed E-state index contributed by atoms with van der Waals surface area (Å²) in [4.78, 5) is 0.299. The summed E-state index contributed by atoms with van der Waals surface area (Å²) in [6, 6.07) is 20.9. The highest BCUT2D eigenvalue weighted by molar-refractivity contribution is 9.10. The summed E-state index contributed by atoms with van der Waals surface area (Å²) >= 11 is 3.42. The van der Waals surface area contributed by atoms with Gasteiger partial charge in [0.2, 0.25) is 10.0 Å². The quantitative estimate of drug-likeness (QED) is 0.573. The molecule has 0 fully saturated rings. The van der Waals surface area contributed by atoms with Gasteiger partial charge >= 0.3 is 0 Å². The molecule has 0 spiro atoms. The van der Waals surface area contributed by atoms with Gasteiger partial charge in [-0.25, -0.2) is 21.6 Å². The van der Waals surface area contributed by atoms with Gasteiger partial charge in [0.1, 0.15) is 0 Å². The van der Waals surface area contributed by atoms with Crippen LogP contribution in [0.15, 0.2) is 93.1 Å². The average molecular weight is 507 g/mol. The molecule has 0 amide bonds. The molecule has 4 rings (SSSR count). The van der Waals surface area contributed by atoms with Crippen molar-refractivity contribution >= 4 is 41.7 Å². The molecule has 1 unspecified atom stereocenters. The molecule has 0 aliphatic carbocycles. The number of nitrogens with one attached hydrogen (secondary N) is 1. The minimum atomic E-state index is -3.86. The molecule has 1 atom stereocenters. The fourth-order valence-corrected chi connectivity index (χ4v) is 6.73. The van der Waals surface area contributed by atoms with Crippen molar-refractivity contribution in [3.8, 4) is 0 Å². The average Bonchev–Trinajstić information content (AvgIpc) is 2.74. The Morgan fingerprint density at radius 1 is 0.833 bits per heavy atom. The van der Waals surface area contributed by atoms with Gasteiger partial charge < -0.3 is 0 Å². The van der Waals surface area contributed by atoms with E-state index in [-0.39, 0.29) is 16.3 Å². The summed E-state index contributed by atoms with van der Waals surface area (Å²) in [7, 11) is -7.65. The van der Waals surface area contributed by atoms with E-state index < -0.39 is 26.1 Å². The van der Waals surface area contributed by atoms with Crippen LogP contribution in [0.25, 0.3) is 0 Å². The van der Waals surface area contributed by atoms with E-state index in [4.69, 9.17) is 0 Å². The van der Waals surface area contributed by atoms with Crippen LogP contribution < -0.4 is 9.03 Å². The maximum atomic E-state index is 13.4. The lowest BCUT2D eigenvalue weighted by molar-refractivity contribution is 0.532. The van der Waals surface area contributed by atoms with Crippen molar-refractivity contribution in [2.45, 2.75) is 22.3 Å². The lowest BCUT2D eigenvalue weighted by Crippen LogP contribution is -2.50. The first-order valence-corrected chi connectivity index (χ1v) is 12.9. The highest BCUT2D eigenvalue weighted by Gasteiger charge is 2.35. The van der Waals surface area contributed by atoms with Crippen LogP contribution in [0.3, 0.4) is 0 Å². The minimum absolute atomic E-state index is 0.00206. The van der Waals surface area contributed by atoms with E-state index in [2.05, 4.69) is 20.7 Å². The Morgan fingerprint density at radius 3 is 2.07 bits per heavy atom. The van der Waals surface area contributed by atoms with Gasteiger partial charge in [0, 0.05) is 10.5 Å². The zero-order valence-electron chi connectivity index (χ0n) is 15.8.